The van der Waals surface area contributed by atoms with Gasteiger partial charge in [-0.1, -0.05) is 12.1 Å². The summed E-state index contributed by atoms with van der Waals surface area (Å²) >= 11 is 0. The number of esters is 1. The first kappa shape index (κ1) is 13.1. The molecule has 0 aliphatic rings. The minimum Gasteiger partial charge on any atom is -0.480 e. The van der Waals surface area contributed by atoms with Crippen molar-refractivity contribution >= 4 is 11.9 Å². The number of rotatable bonds is 4. The normalized spacial score (nSPS) is 11.9. The lowest BCUT2D eigenvalue weighted by molar-refractivity contribution is -0.138. The molecule has 1 atom stereocenters. The standard InChI is InChI=1S/C11H12FNO4/c1-17-11(16)9-6(3-2-4-7(9)12)5-8(13)10(14)15/h2-4,8H,5,13H2,1H3,(H,14,15). The second kappa shape index (κ2) is 5.40. The van der Waals surface area contributed by atoms with Crippen LogP contribution in [-0.4, -0.2) is 30.2 Å². The third-order valence-corrected chi connectivity index (χ3v) is 2.25. The second-order valence-electron chi connectivity index (χ2n) is 3.41. The Hall–Kier alpha value is -1.95. The number of nitrogens with two attached hydrogens (primary N) is 1. The van der Waals surface area contributed by atoms with Gasteiger partial charge in [-0.2, -0.15) is 0 Å². The summed E-state index contributed by atoms with van der Waals surface area (Å²) in [7, 11) is 1.12. The molecule has 0 radical (unpaired) electrons. The van der Waals surface area contributed by atoms with E-state index in [-0.39, 0.29) is 17.5 Å². The first-order valence-corrected chi connectivity index (χ1v) is 4.81. The van der Waals surface area contributed by atoms with Crippen LogP contribution < -0.4 is 5.73 Å². The summed E-state index contributed by atoms with van der Waals surface area (Å²) in [5, 5.41) is 8.66. The number of hydrogen-bond acceptors (Lipinski definition) is 4. The van der Waals surface area contributed by atoms with Crippen LogP contribution in [0.4, 0.5) is 4.39 Å². The van der Waals surface area contributed by atoms with Crippen LogP contribution in [0, 0.1) is 5.82 Å². The largest absolute Gasteiger partial charge is 0.480 e. The van der Waals surface area contributed by atoms with Crippen molar-refractivity contribution in [2.24, 2.45) is 5.73 Å². The summed E-state index contributed by atoms with van der Waals surface area (Å²) in [5.41, 5.74) is 5.28. The van der Waals surface area contributed by atoms with Crippen LogP contribution in [0.2, 0.25) is 0 Å². The number of carbonyl (C=O) groups excluding carboxylic acids is 1. The third-order valence-electron chi connectivity index (χ3n) is 2.25. The van der Waals surface area contributed by atoms with Crippen LogP contribution >= 0.6 is 0 Å². The van der Waals surface area contributed by atoms with E-state index in [9.17, 15) is 14.0 Å². The zero-order chi connectivity index (χ0) is 13.0. The zero-order valence-electron chi connectivity index (χ0n) is 9.14. The van der Waals surface area contributed by atoms with Crippen molar-refractivity contribution in [3.05, 3.63) is 35.1 Å². The van der Waals surface area contributed by atoms with Crippen LogP contribution in [0.25, 0.3) is 0 Å². The molecule has 0 aromatic heterocycles. The van der Waals surface area contributed by atoms with E-state index in [1.807, 2.05) is 0 Å². The number of carboxylic acids is 1. The molecule has 5 nitrogen and oxygen atoms in total. The maximum absolute atomic E-state index is 13.4. The van der Waals surface area contributed by atoms with Crippen molar-refractivity contribution in [1.82, 2.24) is 0 Å². The average Bonchev–Trinajstić information content (AvgIpc) is 2.28. The fraction of sp³-hybridized carbons (Fsp3) is 0.273. The van der Waals surface area contributed by atoms with Gasteiger partial charge in [0, 0.05) is 0 Å². The number of ether oxygens (including phenoxy) is 1. The zero-order valence-corrected chi connectivity index (χ0v) is 9.14. The minimum atomic E-state index is -1.22. The molecule has 0 saturated heterocycles. The average molecular weight is 241 g/mol. The van der Waals surface area contributed by atoms with Gasteiger partial charge in [0.1, 0.15) is 11.9 Å². The molecule has 0 amide bonds. The van der Waals surface area contributed by atoms with Crippen LogP contribution in [-0.2, 0) is 16.0 Å². The quantitative estimate of drug-likeness (QED) is 0.752. The highest BCUT2D eigenvalue weighted by atomic mass is 19.1. The van der Waals surface area contributed by atoms with E-state index < -0.39 is 23.8 Å². The van der Waals surface area contributed by atoms with Gasteiger partial charge in [-0.15, -0.1) is 0 Å². The third kappa shape index (κ3) is 3.01. The van der Waals surface area contributed by atoms with Gasteiger partial charge in [-0.3, -0.25) is 4.79 Å². The Labute approximate surface area is 97.0 Å². The molecule has 0 heterocycles. The summed E-state index contributed by atoms with van der Waals surface area (Å²) in [6.07, 6.45) is -0.141. The van der Waals surface area contributed by atoms with E-state index in [1.54, 1.807) is 0 Å². The number of carbonyl (C=O) groups is 2. The predicted molar refractivity (Wildman–Crippen MR) is 57.1 cm³/mol. The minimum absolute atomic E-state index is 0.141. The van der Waals surface area contributed by atoms with Gasteiger partial charge in [-0.05, 0) is 18.1 Å². The molecule has 0 aliphatic heterocycles. The van der Waals surface area contributed by atoms with Crippen LogP contribution in [0.15, 0.2) is 18.2 Å². The highest BCUT2D eigenvalue weighted by Crippen LogP contribution is 2.16. The smallest absolute Gasteiger partial charge is 0.341 e. The Kier molecular flexibility index (Phi) is 4.17. The van der Waals surface area contributed by atoms with Crippen molar-refractivity contribution in [3.63, 3.8) is 0 Å². The number of benzene rings is 1. The van der Waals surface area contributed by atoms with E-state index in [0.717, 1.165) is 13.2 Å². The molecular weight excluding hydrogens is 229 g/mol. The first-order chi connectivity index (χ1) is 7.97. The van der Waals surface area contributed by atoms with Crippen LogP contribution in [0.5, 0.6) is 0 Å². The molecule has 92 valence electrons. The molecule has 1 aromatic carbocycles. The molecule has 17 heavy (non-hydrogen) atoms. The van der Waals surface area contributed by atoms with Gasteiger partial charge >= 0.3 is 11.9 Å². The predicted octanol–water partition coefficient (Wildman–Crippen LogP) is 0.567. The Morgan fingerprint density at radius 1 is 1.53 bits per heavy atom. The molecular formula is C11H12FNO4. The van der Waals surface area contributed by atoms with Gasteiger partial charge in [0.2, 0.25) is 0 Å². The summed E-state index contributed by atoms with van der Waals surface area (Å²) < 4.78 is 17.9. The van der Waals surface area contributed by atoms with Crippen molar-refractivity contribution in [3.8, 4) is 0 Å². The fourth-order valence-corrected chi connectivity index (χ4v) is 1.39. The molecule has 1 unspecified atom stereocenters. The fourth-order valence-electron chi connectivity index (χ4n) is 1.39. The van der Waals surface area contributed by atoms with Gasteiger partial charge in [0.25, 0.3) is 0 Å². The maximum atomic E-state index is 13.4. The maximum Gasteiger partial charge on any atom is 0.341 e. The molecule has 1 aromatic rings. The highest BCUT2D eigenvalue weighted by molar-refractivity contribution is 5.91. The number of carboxylic acid groups (broad SMARTS) is 1. The number of methoxy groups -OCH3 is 1. The highest BCUT2D eigenvalue weighted by Gasteiger charge is 2.21. The number of hydrogen-bond donors (Lipinski definition) is 2. The molecule has 0 aliphatic carbocycles. The Bertz CT molecular complexity index is 447. The van der Waals surface area contributed by atoms with E-state index in [4.69, 9.17) is 10.8 Å². The molecule has 0 bridgehead atoms. The van der Waals surface area contributed by atoms with E-state index >= 15 is 0 Å². The molecule has 3 N–H and O–H groups in total. The van der Waals surface area contributed by atoms with Crippen molar-refractivity contribution in [2.45, 2.75) is 12.5 Å². The number of halogens is 1. The van der Waals surface area contributed by atoms with Crippen molar-refractivity contribution in [2.75, 3.05) is 7.11 Å². The van der Waals surface area contributed by atoms with Crippen molar-refractivity contribution < 1.29 is 23.8 Å². The first-order valence-electron chi connectivity index (χ1n) is 4.81. The molecule has 1 rings (SSSR count). The summed E-state index contributed by atoms with van der Waals surface area (Å²) in [6.45, 7) is 0. The topological polar surface area (TPSA) is 89.6 Å². The Balaban J connectivity index is 3.11. The van der Waals surface area contributed by atoms with E-state index in [1.165, 1.54) is 12.1 Å². The number of aliphatic carboxylic acids is 1. The van der Waals surface area contributed by atoms with Gasteiger partial charge < -0.3 is 15.6 Å². The van der Waals surface area contributed by atoms with Gasteiger partial charge in [-0.25, -0.2) is 9.18 Å². The van der Waals surface area contributed by atoms with Gasteiger partial charge in [0.05, 0.1) is 12.7 Å². The van der Waals surface area contributed by atoms with Crippen molar-refractivity contribution in [1.29, 1.82) is 0 Å². The lowest BCUT2D eigenvalue weighted by atomic mass is 10.00. The summed E-state index contributed by atoms with van der Waals surface area (Å²) in [6, 6.07) is 2.73. The molecule has 0 saturated carbocycles. The van der Waals surface area contributed by atoms with Crippen LogP contribution in [0.1, 0.15) is 15.9 Å². The monoisotopic (exact) mass is 241 g/mol. The molecule has 6 heteroatoms. The Morgan fingerprint density at radius 2 is 2.18 bits per heavy atom. The summed E-state index contributed by atoms with van der Waals surface area (Å²) in [4.78, 5) is 22.0. The lowest BCUT2D eigenvalue weighted by Gasteiger charge is -2.11. The SMILES string of the molecule is COC(=O)c1c(F)cccc1CC(N)C(=O)O. The molecule has 0 spiro atoms. The van der Waals surface area contributed by atoms with Crippen LogP contribution in [0.3, 0.4) is 0 Å². The van der Waals surface area contributed by atoms with E-state index in [0.29, 0.717) is 0 Å². The lowest BCUT2D eigenvalue weighted by Crippen LogP contribution is -2.33. The van der Waals surface area contributed by atoms with E-state index in [2.05, 4.69) is 4.74 Å². The molecule has 0 fully saturated rings. The Morgan fingerprint density at radius 3 is 2.71 bits per heavy atom. The second-order valence-corrected chi connectivity index (χ2v) is 3.41. The summed E-state index contributed by atoms with van der Waals surface area (Å²) in [5.74, 6) is -2.83. The van der Waals surface area contributed by atoms with Gasteiger partial charge in [0.15, 0.2) is 0 Å².